The molecule has 1 aliphatic rings. The van der Waals surface area contributed by atoms with Gasteiger partial charge in [-0.15, -0.1) is 24.8 Å². The van der Waals surface area contributed by atoms with Gasteiger partial charge in [0.15, 0.2) is 5.78 Å². The first-order chi connectivity index (χ1) is 7.87. The van der Waals surface area contributed by atoms with E-state index in [9.17, 15) is 18.0 Å². The maximum Gasteiger partial charge on any atom is 0.573 e. The topological polar surface area (TPSA) is 26.3 Å². The first kappa shape index (κ1) is 12.2. The predicted octanol–water partition coefficient (Wildman–Crippen LogP) is 3.25. The summed E-state index contributed by atoms with van der Waals surface area (Å²) in [5, 5.41) is -0.565. The number of alkyl halides is 4. The number of halogens is 4. The van der Waals surface area contributed by atoms with Crippen LogP contribution in [0.15, 0.2) is 24.3 Å². The summed E-state index contributed by atoms with van der Waals surface area (Å²) in [6.45, 7) is 0. The summed E-state index contributed by atoms with van der Waals surface area (Å²) in [5.74, 6) is -0.422. The number of benzene rings is 1. The van der Waals surface area contributed by atoms with Crippen molar-refractivity contribution >= 4 is 17.4 Å². The highest BCUT2D eigenvalue weighted by molar-refractivity contribution is 6.34. The lowest BCUT2D eigenvalue weighted by atomic mass is 9.78. The molecule has 0 aromatic heterocycles. The van der Waals surface area contributed by atoms with E-state index < -0.39 is 11.7 Å². The van der Waals surface area contributed by atoms with Gasteiger partial charge in [0, 0.05) is 12.3 Å². The highest BCUT2D eigenvalue weighted by Gasteiger charge is 2.39. The minimum atomic E-state index is -4.69. The van der Waals surface area contributed by atoms with Gasteiger partial charge in [-0.05, 0) is 17.7 Å². The second-order valence-electron chi connectivity index (χ2n) is 3.80. The van der Waals surface area contributed by atoms with Gasteiger partial charge in [-0.1, -0.05) is 12.1 Å². The molecule has 0 bridgehead atoms. The summed E-state index contributed by atoms with van der Waals surface area (Å²) in [4.78, 5) is 11.0. The molecule has 0 N–H and O–H groups in total. The van der Waals surface area contributed by atoms with Crippen molar-refractivity contribution in [3.05, 3.63) is 29.8 Å². The van der Waals surface area contributed by atoms with Gasteiger partial charge < -0.3 is 4.74 Å². The Hall–Kier alpha value is -1.23. The molecule has 17 heavy (non-hydrogen) atoms. The fourth-order valence-electron chi connectivity index (χ4n) is 1.70. The van der Waals surface area contributed by atoms with Crippen LogP contribution in [-0.4, -0.2) is 17.5 Å². The second kappa shape index (κ2) is 4.22. The van der Waals surface area contributed by atoms with Crippen LogP contribution < -0.4 is 4.74 Å². The number of ether oxygens (including phenoxy) is 1. The van der Waals surface area contributed by atoms with Crippen molar-refractivity contribution in [2.45, 2.75) is 24.1 Å². The summed E-state index contributed by atoms with van der Waals surface area (Å²) < 4.78 is 39.4. The Morgan fingerprint density at radius 3 is 2.24 bits per heavy atom. The lowest BCUT2D eigenvalue weighted by molar-refractivity contribution is -0.274. The highest BCUT2D eigenvalue weighted by Crippen LogP contribution is 2.38. The van der Waals surface area contributed by atoms with Gasteiger partial charge in [0.05, 0.1) is 5.38 Å². The average molecular weight is 265 g/mol. The molecule has 6 heteroatoms. The molecule has 2 atom stereocenters. The summed E-state index contributed by atoms with van der Waals surface area (Å²) in [6, 6.07) is 5.42. The van der Waals surface area contributed by atoms with Crippen molar-refractivity contribution in [1.29, 1.82) is 0 Å². The highest BCUT2D eigenvalue weighted by atomic mass is 35.5. The van der Waals surface area contributed by atoms with Crippen LogP contribution in [0, 0.1) is 0 Å². The predicted molar refractivity (Wildman–Crippen MR) is 55.1 cm³/mol. The van der Waals surface area contributed by atoms with Gasteiger partial charge in [-0.25, -0.2) is 0 Å². The molecule has 92 valence electrons. The van der Waals surface area contributed by atoms with Crippen LogP contribution in [-0.2, 0) is 4.79 Å². The van der Waals surface area contributed by atoms with Crippen LogP contribution in [0.1, 0.15) is 17.9 Å². The van der Waals surface area contributed by atoms with Crippen molar-refractivity contribution in [3.8, 4) is 5.75 Å². The van der Waals surface area contributed by atoms with Crippen molar-refractivity contribution in [1.82, 2.24) is 0 Å². The van der Waals surface area contributed by atoms with Crippen molar-refractivity contribution in [3.63, 3.8) is 0 Å². The third-order valence-corrected chi connectivity index (χ3v) is 3.17. The Kier molecular flexibility index (Phi) is 3.03. The lowest BCUT2D eigenvalue weighted by Gasteiger charge is -2.30. The van der Waals surface area contributed by atoms with Gasteiger partial charge in [-0.3, -0.25) is 4.79 Å². The molecule has 0 heterocycles. The summed E-state index contributed by atoms with van der Waals surface area (Å²) in [6.07, 6.45) is -4.35. The normalized spacial score (nSPS) is 24.4. The number of carbonyl (C=O) groups is 1. The number of hydrogen-bond acceptors (Lipinski definition) is 2. The summed E-state index contributed by atoms with van der Waals surface area (Å²) in [5.41, 5.74) is 0.749. The Bertz CT molecular complexity index is 427. The monoisotopic (exact) mass is 264 g/mol. The Balaban J connectivity index is 2.06. The van der Waals surface area contributed by atoms with Crippen LogP contribution in [0.2, 0.25) is 0 Å². The molecule has 2 unspecified atom stereocenters. The number of ketones is 1. The fourth-order valence-corrected chi connectivity index (χ4v) is 2.02. The zero-order valence-electron chi connectivity index (χ0n) is 8.50. The molecule has 2 rings (SSSR count). The van der Waals surface area contributed by atoms with Gasteiger partial charge in [0.2, 0.25) is 0 Å². The first-order valence-corrected chi connectivity index (χ1v) is 5.33. The van der Waals surface area contributed by atoms with E-state index in [4.69, 9.17) is 11.6 Å². The van der Waals surface area contributed by atoms with E-state index in [2.05, 4.69) is 4.74 Å². The van der Waals surface area contributed by atoms with E-state index >= 15 is 0 Å². The van der Waals surface area contributed by atoms with E-state index in [0.29, 0.717) is 6.42 Å². The van der Waals surface area contributed by atoms with E-state index in [0.717, 1.165) is 5.56 Å². The molecule has 2 nitrogen and oxygen atoms in total. The molecular formula is C11H8ClF3O2. The smallest absolute Gasteiger partial charge is 0.406 e. The molecule has 0 aliphatic heterocycles. The van der Waals surface area contributed by atoms with E-state index in [1.807, 2.05) is 0 Å². The Morgan fingerprint density at radius 2 is 1.82 bits per heavy atom. The van der Waals surface area contributed by atoms with E-state index in [1.54, 1.807) is 0 Å². The molecule has 0 saturated heterocycles. The maximum atomic E-state index is 11.9. The molecule has 1 aliphatic carbocycles. The third kappa shape index (κ3) is 2.72. The van der Waals surface area contributed by atoms with E-state index in [-0.39, 0.29) is 17.5 Å². The van der Waals surface area contributed by atoms with Crippen molar-refractivity contribution in [2.75, 3.05) is 0 Å². The standard InChI is InChI=1S/C11H8ClF3O2/c12-10-8(5-9(10)16)6-1-3-7(4-2-6)17-11(13,14)15/h1-4,8,10H,5H2. The number of Topliss-reactive ketones (excluding diaryl/α,β-unsaturated/α-hetero) is 1. The molecule has 0 spiro atoms. The van der Waals surface area contributed by atoms with Crippen LogP contribution in [0.3, 0.4) is 0 Å². The molecule has 1 aromatic rings. The molecule has 0 amide bonds. The largest absolute Gasteiger partial charge is 0.573 e. The second-order valence-corrected chi connectivity index (χ2v) is 4.27. The third-order valence-electron chi connectivity index (χ3n) is 2.62. The zero-order chi connectivity index (χ0) is 12.6. The van der Waals surface area contributed by atoms with E-state index in [1.165, 1.54) is 24.3 Å². The number of rotatable bonds is 2. The van der Waals surface area contributed by atoms with Gasteiger partial charge in [0.25, 0.3) is 0 Å². The minimum Gasteiger partial charge on any atom is -0.406 e. The molecule has 1 saturated carbocycles. The molecular weight excluding hydrogens is 257 g/mol. The quantitative estimate of drug-likeness (QED) is 0.767. The zero-order valence-corrected chi connectivity index (χ0v) is 9.26. The van der Waals surface area contributed by atoms with Crippen LogP contribution in [0.5, 0.6) is 5.75 Å². The van der Waals surface area contributed by atoms with Crippen molar-refractivity contribution < 1.29 is 22.7 Å². The molecule has 1 fully saturated rings. The Labute approximate surface area is 100 Å². The van der Waals surface area contributed by atoms with Crippen LogP contribution >= 0.6 is 11.6 Å². The average Bonchev–Trinajstić information content (AvgIpc) is 2.25. The minimum absolute atomic E-state index is 0.0349. The van der Waals surface area contributed by atoms with Crippen molar-refractivity contribution in [2.24, 2.45) is 0 Å². The number of hydrogen-bond donors (Lipinski definition) is 0. The molecule has 0 radical (unpaired) electrons. The van der Waals surface area contributed by atoms with Gasteiger partial charge in [-0.2, -0.15) is 0 Å². The van der Waals surface area contributed by atoms with Gasteiger partial charge >= 0.3 is 6.36 Å². The SMILES string of the molecule is O=C1CC(c2ccc(OC(F)(F)F)cc2)C1Cl. The summed E-state index contributed by atoms with van der Waals surface area (Å²) in [7, 11) is 0. The maximum absolute atomic E-state index is 11.9. The van der Waals surface area contributed by atoms with Crippen LogP contribution in [0.4, 0.5) is 13.2 Å². The lowest BCUT2D eigenvalue weighted by Crippen LogP contribution is -2.36. The summed E-state index contributed by atoms with van der Waals surface area (Å²) >= 11 is 5.79. The number of carbonyl (C=O) groups excluding carboxylic acids is 1. The first-order valence-electron chi connectivity index (χ1n) is 4.89. The van der Waals surface area contributed by atoms with Crippen LogP contribution in [0.25, 0.3) is 0 Å². The molecule has 1 aromatic carbocycles. The Morgan fingerprint density at radius 1 is 1.24 bits per heavy atom. The van der Waals surface area contributed by atoms with Gasteiger partial charge in [0.1, 0.15) is 5.75 Å². The fraction of sp³-hybridized carbons (Fsp3) is 0.364.